The molecule has 0 aromatic rings. The van der Waals surface area contributed by atoms with Crippen LogP contribution in [-0.2, 0) is 21.6 Å². The maximum absolute atomic E-state index is 10.7. The van der Waals surface area contributed by atoms with Crippen LogP contribution in [0.1, 0.15) is 6.42 Å². The average molecular weight is 485 g/mol. The van der Waals surface area contributed by atoms with Gasteiger partial charge < -0.3 is 21.4 Å². The fourth-order valence-corrected chi connectivity index (χ4v) is 27.5. The standard InChI is InChI=1S/C17H46NO5Si5/c1-18(15-16-19)14-13-17-25(5,6)21-27(9,10)23-28(11,12)22-26(7,8)20-24(2,3)4/h13-17H2,1-12H3. The second-order valence-electron chi connectivity index (χ2n) is 10.6. The summed E-state index contributed by atoms with van der Waals surface area (Å²) in [7, 11) is -8.38. The molecule has 0 unspecified atom stereocenters. The highest BCUT2D eigenvalue weighted by Crippen LogP contribution is 2.27. The molecule has 0 rings (SSSR count). The van der Waals surface area contributed by atoms with Gasteiger partial charge in [0.05, 0.1) is 6.61 Å². The smallest absolute Gasteiger partial charge is 0.314 e. The second kappa shape index (κ2) is 10.9. The lowest BCUT2D eigenvalue weighted by Crippen LogP contribution is -2.58. The van der Waals surface area contributed by atoms with Crippen LogP contribution in [-0.4, -0.2) is 74.0 Å². The summed E-state index contributed by atoms with van der Waals surface area (Å²) < 4.78 is 26.0. The van der Waals surface area contributed by atoms with Crippen molar-refractivity contribution >= 4 is 42.3 Å². The Balaban J connectivity index is 4.77. The van der Waals surface area contributed by atoms with Crippen LogP contribution in [0.3, 0.4) is 0 Å². The number of hydrogen-bond donors (Lipinski definition) is 0. The van der Waals surface area contributed by atoms with Crippen LogP contribution in [0.2, 0.25) is 78.1 Å². The Kier molecular flexibility index (Phi) is 11.3. The topological polar surface area (TPSA) is 60.1 Å². The van der Waals surface area contributed by atoms with E-state index >= 15 is 0 Å². The Hall–Kier alpha value is 0.844. The van der Waals surface area contributed by atoms with Crippen LogP contribution in [0.5, 0.6) is 0 Å². The van der Waals surface area contributed by atoms with Crippen LogP contribution in [0, 0.1) is 0 Å². The Morgan fingerprint density at radius 2 is 1.07 bits per heavy atom. The maximum Gasteiger partial charge on any atom is 0.314 e. The predicted octanol–water partition coefficient (Wildman–Crippen LogP) is 4.95. The first kappa shape index (κ1) is 28.8. The zero-order valence-corrected chi connectivity index (χ0v) is 25.5. The van der Waals surface area contributed by atoms with Crippen molar-refractivity contribution in [1.29, 1.82) is 0 Å². The Bertz CT molecular complexity index is 469. The Morgan fingerprint density at radius 3 is 1.50 bits per heavy atom. The summed E-state index contributed by atoms with van der Waals surface area (Å²) in [5.41, 5.74) is 0. The van der Waals surface area contributed by atoms with Crippen molar-refractivity contribution in [2.45, 2.75) is 84.5 Å². The van der Waals surface area contributed by atoms with Gasteiger partial charge in [0.15, 0.2) is 16.6 Å². The van der Waals surface area contributed by atoms with Gasteiger partial charge in [0.2, 0.25) is 0 Å². The largest absolute Gasteiger partial charge is 0.437 e. The molecule has 169 valence electrons. The van der Waals surface area contributed by atoms with Crippen molar-refractivity contribution in [3.63, 3.8) is 0 Å². The van der Waals surface area contributed by atoms with E-state index in [-0.39, 0.29) is 6.61 Å². The van der Waals surface area contributed by atoms with Crippen molar-refractivity contribution in [3.05, 3.63) is 0 Å². The summed E-state index contributed by atoms with van der Waals surface area (Å²) in [5, 5.41) is 10.7. The lowest BCUT2D eigenvalue weighted by molar-refractivity contribution is 0.154. The fourth-order valence-electron chi connectivity index (χ4n) is 3.74. The van der Waals surface area contributed by atoms with Gasteiger partial charge in [0.25, 0.3) is 0 Å². The highest BCUT2D eigenvalue weighted by molar-refractivity contribution is 6.90. The second-order valence-corrected chi connectivity index (χ2v) is 30.5. The van der Waals surface area contributed by atoms with Crippen LogP contribution in [0.4, 0.5) is 0 Å². The third-order valence-electron chi connectivity index (χ3n) is 3.85. The molecule has 0 aliphatic rings. The van der Waals surface area contributed by atoms with E-state index in [0.717, 1.165) is 19.0 Å². The van der Waals surface area contributed by atoms with E-state index in [0.29, 0.717) is 6.54 Å². The average Bonchev–Trinajstić information content (AvgIpc) is 2.29. The van der Waals surface area contributed by atoms with Gasteiger partial charge in [-0.3, -0.25) is 0 Å². The highest BCUT2D eigenvalue weighted by atomic mass is 28.5. The number of likely N-dealkylation sites (N-methyl/N-ethyl adjacent to an activating group) is 1. The summed E-state index contributed by atoms with van der Waals surface area (Å²) in [5.74, 6) is 0. The van der Waals surface area contributed by atoms with Crippen molar-refractivity contribution in [3.8, 4) is 0 Å². The number of nitrogens with zero attached hydrogens (tertiary/aromatic N) is 1. The summed E-state index contributed by atoms with van der Waals surface area (Å²) >= 11 is 0. The third-order valence-corrected chi connectivity index (χ3v) is 21.9. The van der Waals surface area contributed by atoms with Gasteiger partial charge in [0, 0.05) is 6.54 Å². The van der Waals surface area contributed by atoms with Gasteiger partial charge >= 0.3 is 25.7 Å². The minimum absolute atomic E-state index is 0.0393. The molecule has 0 aromatic carbocycles. The van der Waals surface area contributed by atoms with Gasteiger partial charge in [-0.2, -0.15) is 0 Å². The normalized spacial score (nSPS) is 14.8. The van der Waals surface area contributed by atoms with Crippen molar-refractivity contribution in [2.75, 3.05) is 26.7 Å². The molecule has 0 N–H and O–H groups in total. The first-order valence-corrected chi connectivity index (χ1v) is 25.3. The first-order valence-electron chi connectivity index (χ1n) is 10.4. The molecule has 0 fully saturated rings. The molecule has 0 saturated carbocycles. The Labute approximate surface area is 179 Å². The van der Waals surface area contributed by atoms with E-state index in [1.54, 1.807) is 0 Å². The molecule has 0 atom stereocenters. The van der Waals surface area contributed by atoms with E-state index in [2.05, 4.69) is 76.9 Å². The summed E-state index contributed by atoms with van der Waals surface area (Å²) in [6.07, 6.45) is 1.06. The lowest BCUT2D eigenvalue weighted by atomic mass is 10.4. The van der Waals surface area contributed by atoms with E-state index in [1.807, 2.05) is 7.05 Å². The molecule has 0 aliphatic heterocycles. The zero-order chi connectivity index (χ0) is 22.4. The minimum atomic E-state index is -2.36. The van der Waals surface area contributed by atoms with Gasteiger partial charge in [-0.05, 0) is 98.1 Å². The van der Waals surface area contributed by atoms with Crippen LogP contribution in [0.25, 0.3) is 0 Å². The number of rotatable bonds is 14. The Morgan fingerprint density at radius 1 is 0.643 bits per heavy atom. The van der Waals surface area contributed by atoms with Gasteiger partial charge in [0.1, 0.15) is 0 Å². The van der Waals surface area contributed by atoms with Crippen molar-refractivity contribution < 1.29 is 21.6 Å². The molecule has 1 radical (unpaired) electrons. The zero-order valence-electron chi connectivity index (χ0n) is 20.5. The molecule has 0 bridgehead atoms. The van der Waals surface area contributed by atoms with Gasteiger partial charge in [-0.1, -0.05) is 0 Å². The van der Waals surface area contributed by atoms with E-state index in [9.17, 15) is 5.11 Å². The summed E-state index contributed by atoms with van der Waals surface area (Å²) in [6, 6.07) is 1.07. The molecule has 0 saturated heterocycles. The van der Waals surface area contributed by atoms with Crippen LogP contribution < -0.4 is 0 Å². The quantitative estimate of drug-likeness (QED) is 0.326. The SMILES string of the molecule is CN(CC[O])CCC[Si](C)(C)O[Si](C)(C)O[Si](C)(C)O[Si](C)(C)O[Si](C)(C)C. The molecular formula is C17H46NO5Si5. The van der Waals surface area contributed by atoms with E-state index in [4.69, 9.17) is 16.5 Å². The molecule has 0 aromatic heterocycles. The summed E-state index contributed by atoms with van der Waals surface area (Å²) in [6.45, 7) is 25.4. The van der Waals surface area contributed by atoms with Crippen molar-refractivity contribution in [1.82, 2.24) is 4.90 Å². The molecule has 0 amide bonds. The summed E-state index contributed by atoms with van der Waals surface area (Å²) in [4.78, 5) is 2.10. The van der Waals surface area contributed by atoms with Crippen molar-refractivity contribution in [2.24, 2.45) is 0 Å². The molecule has 11 heteroatoms. The van der Waals surface area contributed by atoms with Gasteiger partial charge in [-0.25, -0.2) is 5.11 Å². The van der Waals surface area contributed by atoms with E-state index in [1.165, 1.54) is 0 Å². The van der Waals surface area contributed by atoms with Crippen LogP contribution in [0.15, 0.2) is 0 Å². The van der Waals surface area contributed by atoms with Crippen LogP contribution >= 0.6 is 0 Å². The molecule has 6 nitrogen and oxygen atoms in total. The minimum Gasteiger partial charge on any atom is -0.437 e. The monoisotopic (exact) mass is 484 g/mol. The molecular weight excluding hydrogens is 439 g/mol. The third kappa shape index (κ3) is 14.8. The molecule has 0 spiro atoms. The number of hydrogen-bond acceptors (Lipinski definition) is 5. The lowest BCUT2D eigenvalue weighted by Gasteiger charge is -2.42. The predicted molar refractivity (Wildman–Crippen MR) is 130 cm³/mol. The maximum atomic E-state index is 10.7. The molecule has 0 aliphatic carbocycles. The first-order chi connectivity index (χ1) is 12.3. The van der Waals surface area contributed by atoms with E-state index < -0.39 is 42.3 Å². The molecule has 0 heterocycles. The molecule has 28 heavy (non-hydrogen) atoms. The fraction of sp³-hybridized carbons (Fsp3) is 1.00. The van der Waals surface area contributed by atoms with Gasteiger partial charge in [-0.15, -0.1) is 0 Å². The highest BCUT2D eigenvalue weighted by Gasteiger charge is 2.45.